The number of hydrogen-bond donors (Lipinski definition) is 0. The molecular formula is C13H22Cl2N2. The van der Waals surface area contributed by atoms with E-state index in [9.17, 15) is 0 Å². The van der Waals surface area contributed by atoms with Gasteiger partial charge in [-0.1, -0.05) is 13.8 Å². The molecule has 2 nitrogen and oxygen atoms in total. The fraction of sp³-hybridized carbons (Fsp3) is 0.769. The van der Waals surface area contributed by atoms with Crippen molar-refractivity contribution >= 4 is 23.2 Å². The van der Waals surface area contributed by atoms with Gasteiger partial charge in [0.05, 0.1) is 6.20 Å². The molecule has 0 aliphatic heterocycles. The molecule has 1 heterocycles. The third-order valence-electron chi connectivity index (χ3n) is 3.11. The summed E-state index contributed by atoms with van der Waals surface area (Å²) in [4.78, 5) is 0. The third kappa shape index (κ3) is 4.51. The van der Waals surface area contributed by atoms with Crippen LogP contribution in [0.1, 0.15) is 32.3 Å². The molecule has 0 saturated heterocycles. The minimum atomic E-state index is 0.0626. The van der Waals surface area contributed by atoms with Crippen LogP contribution in [0.5, 0.6) is 0 Å². The summed E-state index contributed by atoms with van der Waals surface area (Å²) in [6.45, 7) is 4.44. The molecule has 0 radical (unpaired) electrons. The van der Waals surface area contributed by atoms with Gasteiger partial charge in [0.1, 0.15) is 0 Å². The van der Waals surface area contributed by atoms with Crippen LogP contribution in [0.3, 0.4) is 0 Å². The van der Waals surface area contributed by atoms with Crippen molar-refractivity contribution in [3.63, 3.8) is 0 Å². The van der Waals surface area contributed by atoms with Crippen molar-refractivity contribution < 1.29 is 0 Å². The fourth-order valence-electron chi connectivity index (χ4n) is 2.26. The summed E-state index contributed by atoms with van der Waals surface area (Å²) in [5.41, 5.74) is 1.32. The highest BCUT2D eigenvalue weighted by molar-refractivity contribution is 6.21. The van der Waals surface area contributed by atoms with E-state index in [0.29, 0.717) is 17.7 Å². The van der Waals surface area contributed by atoms with E-state index < -0.39 is 0 Å². The molecule has 4 heteroatoms. The zero-order valence-corrected chi connectivity index (χ0v) is 12.4. The van der Waals surface area contributed by atoms with Crippen molar-refractivity contribution in [3.8, 4) is 0 Å². The molecule has 0 saturated carbocycles. The smallest absolute Gasteiger partial charge is 0.0521 e. The highest BCUT2D eigenvalue weighted by atomic mass is 35.5. The van der Waals surface area contributed by atoms with Gasteiger partial charge < -0.3 is 0 Å². The van der Waals surface area contributed by atoms with Crippen LogP contribution in [0, 0.1) is 11.3 Å². The highest BCUT2D eigenvalue weighted by Crippen LogP contribution is 2.34. The summed E-state index contributed by atoms with van der Waals surface area (Å²) in [6, 6.07) is 0. The molecule has 0 N–H and O–H groups in total. The van der Waals surface area contributed by atoms with Gasteiger partial charge in [-0.25, -0.2) is 0 Å². The average molecular weight is 277 g/mol. The fourth-order valence-corrected chi connectivity index (χ4v) is 3.03. The maximum Gasteiger partial charge on any atom is 0.0521 e. The van der Waals surface area contributed by atoms with Gasteiger partial charge in [-0.15, -0.1) is 23.2 Å². The summed E-state index contributed by atoms with van der Waals surface area (Å²) >= 11 is 12.3. The Morgan fingerprint density at radius 3 is 2.41 bits per heavy atom. The predicted molar refractivity (Wildman–Crippen MR) is 74.9 cm³/mol. The summed E-state index contributed by atoms with van der Waals surface area (Å²) in [5.74, 6) is 1.89. The van der Waals surface area contributed by atoms with E-state index in [4.69, 9.17) is 23.2 Å². The van der Waals surface area contributed by atoms with Gasteiger partial charge in [-0.2, -0.15) is 5.10 Å². The molecule has 0 fully saturated rings. The van der Waals surface area contributed by atoms with Crippen molar-refractivity contribution in [1.29, 1.82) is 0 Å². The first-order valence-corrected chi connectivity index (χ1v) is 7.18. The monoisotopic (exact) mass is 276 g/mol. The Balaban J connectivity index is 2.60. The normalized spacial score (nSPS) is 12.4. The lowest BCUT2D eigenvalue weighted by atomic mass is 9.79. The van der Waals surface area contributed by atoms with Gasteiger partial charge in [-0.3, -0.25) is 4.68 Å². The van der Waals surface area contributed by atoms with Crippen LogP contribution in [0.2, 0.25) is 0 Å². The number of halogens is 2. The molecule has 0 atom stereocenters. The number of aryl methyl sites for hydroxylation is 2. The van der Waals surface area contributed by atoms with Crippen LogP contribution in [0.4, 0.5) is 0 Å². The Labute approximate surface area is 114 Å². The summed E-state index contributed by atoms with van der Waals surface area (Å²) in [7, 11) is 1.94. The van der Waals surface area contributed by atoms with E-state index in [-0.39, 0.29) is 5.41 Å². The highest BCUT2D eigenvalue weighted by Gasteiger charge is 2.29. The lowest BCUT2D eigenvalue weighted by Gasteiger charge is -2.31. The maximum atomic E-state index is 6.13. The topological polar surface area (TPSA) is 17.8 Å². The second-order valence-electron chi connectivity index (χ2n) is 5.39. The lowest BCUT2D eigenvalue weighted by Crippen LogP contribution is -2.28. The molecule has 0 aromatic carbocycles. The van der Waals surface area contributed by atoms with Gasteiger partial charge in [0, 0.05) is 25.0 Å². The first-order valence-electron chi connectivity index (χ1n) is 6.11. The molecule has 1 aromatic heterocycles. The Kier molecular flexibility index (Phi) is 5.81. The second-order valence-corrected chi connectivity index (χ2v) is 5.92. The van der Waals surface area contributed by atoms with Gasteiger partial charge in [-0.05, 0) is 36.2 Å². The van der Waals surface area contributed by atoms with Gasteiger partial charge in [0.25, 0.3) is 0 Å². The van der Waals surface area contributed by atoms with E-state index in [0.717, 1.165) is 19.3 Å². The van der Waals surface area contributed by atoms with Gasteiger partial charge >= 0.3 is 0 Å². The summed E-state index contributed by atoms with van der Waals surface area (Å²) < 4.78 is 1.83. The van der Waals surface area contributed by atoms with Gasteiger partial charge in [0.2, 0.25) is 0 Å². The molecule has 0 aliphatic carbocycles. The maximum absolute atomic E-state index is 6.13. The number of alkyl halides is 2. The van der Waals surface area contributed by atoms with Crippen LogP contribution < -0.4 is 0 Å². The molecular weight excluding hydrogens is 255 g/mol. The van der Waals surface area contributed by atoms with Crippen molar-refractivity contribution in [2.24, 2.45) is 18.4 Å². The van der Waals surface area contributed by atoms with Crippen molar-refractivity contribution in [1.82, 2.24) is 9.78 Å². The lowest BCUT2D eigenvalue weighted by molar-refractivity contribution is 0.276. The largest absolute Gasteiger partial charge is 0.276 e. The van der Waals surface area contributed by atoms with Crippen LogP contribution in [0.25, 0.3) is 0 Å². The van der Waals surface area contributed by atoms with E-state index in [1.54, 1.807) is 0 Å². The van der Waals surface area contributed by atoms with Crippen LogP contribution in [-0.2, 0) is 13.5 Å². The second kappa shape index (κ2) is 6.65. The van der Waals surface area contributed by atoms with Crippen LogP contribution in [-0.4, -0.2) is 21.5 Å². The molecule has 1 rings (SSSR count). The molecule has 0 spiro atoms. The standard InChI is InChI=1S/C13H22Cl2N2/c1-11(2)6-13(9-14,10-15)5-4-12-7-16-17(3)8-12/h7-8,11H,4-6,9-10H2,1-3H3. The summed E-state index contributed by atoms with van der Waals surface area (Å²) in [6.07, 6.45) is 7.09. The van der Waals surface area contributed by atoms with E-state index in [2.05, 4.69) is 25.1 Å². The minimum absolute atomic E-state index is 0.0626. The number of aromatic nitrogens is 2. The molecule has 17 heavy (non-hydrogen) atoms. The molecule has 98 valence electrons. The zero-order valence-electron chi connectivity index (χ0n) is 10.9. The van der Waals surface area contributed by atoms with Crippen LogP contribution in [0.15, 0.2) is 12.4 Å². The van der Waals surface area contributed by atoms with Crippen LogP contribution >= 0.6 is 23.2 Å². The van der Waals surface area contributed by atoms with Crippen molar-refractivity contribution in [3.05, 3.63) is 18.0 Å². The molecule has 0 aliphatic rings. The average Bonchev–Trinajstić information content (AvgIpc) is 2.70. The Hall–Kier alpha value is -0.210. The van der Waals surface area contributed by atoms with Crippen molar-refractivity contribution in [2.45, 2.75) is 33.1 Å². The molecule has 1 aromatic rings. The van der Waals surface area contributed by atoms with E-state index in [1.165, 1.54) is 5.56 Å². The van der Waals surface area contributed by atoms with Gasteiger partial charge in [0.15, 0.2) is 0 Å². The van der Waals surface area contributed by atoms with E-state index >= 15 is 0 Å². The molecule has 0 unspecified atom stereocenters. The van der Waals surface area contributed by atoms with Crippen molar-refractivity contribution in [2.75, 3.05) is 11.8 Å². The number of rotatable bonds is 7. The number of hydrogen-bond acceptors (Lipinski definition) is 1. The third-order valence-corrected chi connectivity index (χ3v) is 4.24. The quantitative estimate of drug-likeness (QED) is 0.692. The van der Waals surface area contributed by atoms with E-state index in [1.807, 2.05) is 17.9 Å². The number of nitrogens with zero attached hydrogens (tertiary/aromatic N) is 2. The predicted octanol–water partition coefficient (Wildman–Crippen LogP) is 3.86. The first-order chi connectivity index (χ1) is 8.01. The molecule has 0 bridgehead atoms. The minimum Gasteiger partial charge on any atom is -0.276 e. The SMILES string of the molecule is CC(C)CC(CCl)(CCl)CCc1cnn(C)c1. The Bertz CT molecular complexity index is 330. The first kappa shape index (κ1) is 14.8. The zero-order chi connectivity index (χ0) is 12.9. The summed E-state index contributed by atoms with van der Waals surface area (Å²) in [5, 5.41) is 4.18. The Morgan fingerprint density at radius 2 is 2.00 bits per heavy atom. The Morgan fingerprint density at radius 1 is 1.35 bits per heavy atom. The molecule has 0 amide bonds.